The minimum absolute atomic E-state index is 0.636. The Morgan fingerprint density at radius 2 is 1.04 bits per heavy atom. The molecule has 3 heteroatoms. The maximum atomic E-state index is 6.25. The molecule has 0 amide bonds. The highest BCUT2D eigenvalue weighted by molar-refractivity contribution is 6.09. The molecular formula is C50H36N2O. The maximum absolute atomic E-state index is 6.25. The second-order valence-corrected chi connectivity index (χ2v) is 13.8. The Labute approximate surface area is 308 Å². The van der Waals surface area contributed by atoms with Gasteiger partial charge in [-0.05, 0) is 112 Å². The summed E-state index contributed by atoms with van der Waals surface area (Å²) in [5.74, 6) is 0.636. The van der Waals surface area contributed by atoms with Crippen LogP contribution in [0.5, 0.6) is 0 Å². The molecule has 9 aromatic rings. The molecule has 0 aliphatic heterocycles. The van der Waals surface area contributed by atoms with Crippen LogP contribution in [-0.2, 0) is 0 Å². The monoisotopic (exact) mass is 680 g/mol. The van der Waals surface area contributed by atoms with Crippen molar-refractivity contribution in [2.24, 2.45) is 0 Å². The predicted molar refractivity (Wildman–Crippen MR) is 221 cm³/mol. The van der Waals surface area contributed by atoms with Crippen molar-refractivity contribution in [3.05, 3.63) is 188 Å². The van der Waals surface area contributed by atoms with E-state index in [-0.39, 0.29) is 0 Å². The summed E-state index contributed by atoms with van der Waals surface area (Å²) in [6, 6.07) is 58.6. The molecular weight excluding hydrogens is 645 g/mol. The Kier molecular flexibility index (Phi) is 7.69. The van der Waals surface area contributed by atoms with Gasteiger partial charge in [-0.2, -0.15) is 0 Å². The lowest BCUT2D eigenvalue weighted by Gasteiger charge is -2.15. The third-order valence-corrected chi connectivity index (χ3v) is 10.6. The fraction of sp³-hybridized carbons (Fsp3) is 0.0600. The largest absolute Gasteiger partial charge is 0.436 e. The lowest BCUT2D eigenvalue weighted by Crippen LogP contribution is -1.94. The molecule has 0 fully saturated rings. The quantitative estimate of drug-likeness (QED) is 0.175. The van der Waals surface area contributed by atoms with Crippen LogP contribution in [-0.4, -0.2) is 9.55 Å². The summed E-state index contributed by atoms with van der Waals surface area (Å²) in [4.78, 5) is 4.91. The van der Waals surface area contributed by atoms with E-state index in [9.17, 15) is 0 Å². The SMILES string of the molecule is C1=CC(c2ccc3oc(-c4ccc(-c5ccccc5-c5ccccc5-c5ccc(-n6c7ccccc7c7ccccc76)cc5)cc4)nc3c2)=CCCC1. The van der Waals surface area contributed by atoms with Crippen molar-refractivity contribution in [2.75, 3.05) is 0 Å². The van der Waals surface area contributed by atoms with Crippen molar-refractivity contribution >= 4 is 38.5 Å². The summed E-state index contributed by atoms with van der Waals surface area (Å²) in [6.45, 7) is 0. The maximum Gasteiger partial charge on any atom is 0.227 e. The van der Waals surface area contributed by atoms with Crippen molar-refractivity contribution in [3.63, 3.8) is 0 Å². The zero-order valence-corrected chi connectivity index (χ0v) is 29.2. The molecule has 10 rings (SSSR count). The Bertz CT molecular complexity index is 2790. The van der Waals surface area contributed by atoms with Crippen LogP contribution in [0, 0.1) is 0 Å². The van der Waals surface area contributed by atoms with Gasteiger partial charge in [0, 0.05) is 22.0 Å². The number of aromatic nitrogens is 2. The molecule has 0 radical (unpaired) electrons. The lowest BCUT2D eigenvalue weighted by atomic mass is 9.89. The number of rotatable bonds is 6. The molecule has 1 aliphatic carbocycles. The highest BCUT2D eigenvalue weighted by Gasteiger charge is 2.16. The molecule has 2 heterocycles. The molecule has 3 nitrogen and oxygen atoms in total. The summed E-state index contributed by atoms with van der Waals surface area (Å²) in [6.07, 6.45) is 10.2. The second kappa shape index (κ2) is 13.1. The molecule has 53 heavy (non-hydrogen) atoms. The van der Waals surface area contributed by atoms with Crippen molar-refractivity contribution in [3.8, 4) is 50.5 Å². The molecule has 0 spiro atoms. The third-order valence-electron chi connectivity index (χ3n) is 10.6. The Morgan fingerprint density at radius 1 is 0.491 bits per heavy atom. The first-order valence-corrected chi connectivity index (χ1v) is 18.4. The third kappa shape index (κ3) is 5.58. The number of oxazole rings is 1. The van der Waals surface area contributed by atoms with Crippen LogP contribution in [0.2, 0.25) is 0 Å². The van der Waals surface area contributed by atoms with Crippen LogP contribution in [0.15, 0.2) is 186 Å². The molecule has 0 atom stereocenters. The molecule has 2 aromatic heterocycles. The average Bonchev–Trinajstić information content (AvgIpc) is 3.68. The zero-order valence-electron chi connectivity index (χ0n) is 29.2. The van der Waals surface area contributed by atoms with E-state index in [0.717, 1.165) is 40.8 Å². The normalized spacial score (nSPS) is 13.1. The van der Waals surface area contributed by atoms with Crippen LogP contribution in [0.1, 0.15) is 24.8 Å². The van der Waals surface area contributed by atoms with Gasteiger partial charge in [-0.3, -0.25) is 0 Å². The number of hydrogen-bond donors (Lipinski definition) is 0. The highest BCUT2D eigenvalue weighted by atomic mass is 16.3. The number of para-hydroxylation sites is 2. The first-order valence-electron chi connectivity index (χ1n) is 18.4. The van der Waals surface area contributed by atoms with E-state index >= 15 is 0 Å². The van der Waals surface area contributed by atoms with E-state index in [2.05, 4.69) is 181 Å². The molecule has 1 aliphatic rings. The van der Waals surface area contributed by atoms with Gasteiger partial charge >= 0.3 is 0 Å². The van der Waals surface area contributed by atoms with Gasteiger partial charge in [0.15, 0.2) is 5.58 Å². The van der Waals surface area contributed by atoms with Gasteiger partial charge in [0.25, 0.3) is 0 Å². The summed E-state index contributed by atoms with van der Waals surface area (Å²) in [7, 11) is 0. The molecule has 0 unspecified atom stereocenters. The summed E-state index contributed by atoms with van der Waals surface area (Å²) in [5.41, 5.74) is 15.8. The van der Waals surface area contributed by atoms with E-state index < -0.39 is 0 Å². The Hall–Kier alpha value is -6.71. The molecule has 0 bridgehead atoms. The van der Waals surface area contributed by atoms with E-state index in [4.69, 9.17) is 9.40 Å². The average molecular weight is 681 g/mol. The van der Waals surface area contributed by atoms with E-state index in [1.807, 2.05) is 6.07 Å². The number of allylic oxidation sites excluding steroid dienone is 4. The summed E-state index contributed by atoms with van der Waals surface area (Å²) >= 11 is 0. The van der Waals surface area contributed by atoms with Crippen molar-refractivity contribution in [2.45, 2.75) is 19.3 Å². The molecule has 7 aromatic carbocycles. The van der Waals surface area contributed by atoms with Gasteiger partial charge in [0.05, 0.1) is 11.0 Å². The molecule has 0 N–H and O–H groups in total. The topological polar surface area (TPSA) is 31.0 Å². The van der Waals surface area contributed by atoms with Crippen LogP contribution < -0.4 is 0 Å². The van der Waals surface area contributed by atoms with E-state index in [0.29, 0.717) is 5.89 Å². The standard InChI is InChI=1S/C50H36N2O/c1-2-4-14-34(13-3-1)38-29-32-49-46(33-38)51-50(53-49)37-25-23-35(24-26-37)40-15-5-7-17-42(40)43-18-8-6-16-41(43)36-27-30-39(31-28-36)52-47-21-11-9-19-44(47)45-20-10-12-22-48(45)52/h3,5-33H,1-2,4H2. The Balaban J connectivity index is 0.973. The van der Waals surface area contributed by atoms with Gasteiger partial charge in [0.1, 0.15) is 5.52 Å². The smallest absolute Gasteiger partial charge is 0.227 e. The molecule has 252 valence electrons. The minimum atomic E-state index is 0.636. The van der Waals surface area contributed by atoms with Gasteiger partial charge < -0.3 is 8.98 Å². The van der Waals surface area contributed by atoms with Gasteiger partial charge in [-0.15, -0.1) is 0 Å². The minimum Gasteiger partial charge on any atom is -0.436 e. The van der Waals surface area contributed by atoms with Crippen molar-refractivity contribution in [1.82, 2.24) is 9.55 Å². The second-order valence-electron chi connectivity index (χ2n) is 13.8. The van der Waals surface area contributed by atoms with Crippen LogP contribution in [0.3, 0.4) is 0 Å². The van der Waals surface area contributed by atoms with Crippen LogP contribution in [0.25, 0.3) is 89.0 Å². The number of fused-ring (bicyclic) bond motifs is 4. The van der Waals surface area contributed by atoms with Crippen molar-refractivity contribution < 1.29 is 4.42 Å². The number of nitrogens with zero attached hydrogens (tertiary/aromatic N) is 2. The van der Waals surface area contributed by atoms with Crippen LogP contribution in [0.4, 0.5) is 0 Å². The number of hydrogen-bond acceptors (Lipinski definition) is 2. The first kappa shape index (κ1) is 31.1. The van der Waals surface area contributed by atoms with Gasteiger partial charge in [0.2, 0.25) is 5.89 Å². The summed E-state index contributed by atoms with van der Waals surface area (Å²) < 4.78 is 8.61. The fourth-order valence-electron chi connectivity index (χ4n) is 7.94. The fourth-order valence-corrected chi connectivity index (χ4v) is 7.94. The molecule has 0 saturated heterocycles. The molecule has 0 saturated carbocycles. The van der Waals surface area contributed by atoms with Crippen LogP contribution >= 0.6 is 0 Å². The van der Waals surface area contributed by atoms with Gasteiger partial charge in [-0.1, -0.05) is 133 Å². The van der Waals surface area contributed by atoms with Crippen molar-refractivity contribution in [1.29, 1.82) is 0 Å². The predicted octanol–water partition coefficient (Wildman–Crippen LogP) is 13.7. The number of benzene rings is 7. The summed E-state index contributed by atoms with van der Waals surface area (Å²) in [5, 5.41) is 2.54. The van der Waals surface area contributed by atoms with E-state index in [1.165, 1.54) is 67.2 Å². The van der Waals surface area contributed by atoms with E-state index in [1.54, 1.807) is 0 Å². The highest BCUT2D eigenvalue weighted by Crippen LogP contribution is 2.40. The first-order chi connectivity index (χ1) is 26.3. The van der Waals surface area contributed by atoms with Gasteiger partial charge in [-0.25, -0.2) is 4.98 Å². The zero-order chi connectivity index (χ0) is 35.1. The Morgan fingerprint density at radius 3 is 1.70 bits per heavy atom. The lowest BCUT2D eigenvalue weighted by molar-refractivity contribution is 0.620.